The lowest BCUT2D eigenvalue weighted by Crippen LogP contribution is -2.16. The van der Waals surface area contributed by atoms with Gasteiger partial charge in [0.25, 0.3) is 0 Å². The van der Waals surface area contributed by atoms with E-state index in [0.717, 1.165) is 15.9 Å². The molecule has 20 heavy (non-hydrogen) atoms. The van der Waals surface area contributed by atoms with Gasteiger partial charge in [0.05, 0.1) is 0 Å². The Balaban J connectivity index is 2.65. The molecule has 0 aliphatic rings. The maximum Gasteiger partial charge on any atom is 0.166 e. The Morgan fingerprint density at radius 1 is 0.900 bits per heavy atom. The van der Waals surface area contributed by atoms with E-state index in [0.29, 0.717) is 0 Å². The van der Waals surface area contributed by atoms with Crippen molar-refractivity contribution in [2.24, 2.45) is 0 Å². The molecular weight excluding hydrogens is 263 g/mol. The maximum absolute atomic E-state index is 13.7. The van der Waals surface area contributed by atoms with Crippen molar-refractivity contribution in [2.75, 3.05) is 0 Å². The van der Waals surface area contributed by atoms with Crippen molar-refractivity contribution in [1.29, 1.82) is 0 Å². The zero-order chi connectivity index (χ0) is 14.4. The predicted octanol–water partition coefficient (Wildman–Crippen LogP) is 4.48. The molecule has 102 valence electrons. The highest BCUT2D eigenvalue weighted by Gasteiger charge is 2.28. The molecule has 0 saturated carbocycles. The minimum Gasteiger partial charge on any atom is -0.309 e. The summed E-state index contributed by atoms with van der Waals surface area (Å²) in [5.74, 6) is 0. The molecule has 0 fully saturated rings. The van der Waals surface area contributed by atoms with Crippen LogP contribution < -0.4 is 10.6 Å². The Kier molecular flexibility index (Phi) is 4.76. The summed E-state index contributed by atoms with van der Waals surface area (Å²) in [5, 5.41) is 2.65. The molecule has 0 aromatic heterocycles. The first-order valence-corrected chi connectivity index (χ1v) is 8.41. The third-order valence-corrected chi connectivity index (χ3v) is 6.46. The highest BCUT2D eigenvalue weighted by Crippen LogP contribution is 2.51. The Morgan fingerprint density at radius 3 is 1.75 bits per heavy atom. The highest BCUT2D eigenvalue weighted by molar-refractivity contribution is 7.82. The van der Waals surface area contributed by atoms with Crippen LogP contribution in [0.2, 0.25) is 0 Å². The maximum atomic E-state index is 13.7. The van der Waals surface area contributed by atoms with Gasteiger partial charge in [-0.2, -0.15) is 0 Å². The zero-order valence-electron chi connectivity index (χ0n) is 11.9. The molecule has 2 heteroatoms. The topological polar surface area (TPSA) is 17.1 Å². The number of benzene rings is 2. The fourth-order valence-corrected chi connectivity index (χ4v) is 4.77. The van der Waals surface area contributed by atoms with Crippen LogP contribution in [0.4, 0.5) is 0 Å². The van der Waals surface area contributed by atoms with E-state index in [9.17, 15) is 4.57 Å². The molecular formula is C18H19OP. The van der Waals surface area contributed by atoms with Crippen molar-refractivity contribution in [2.45, 2.75) is 13.8 Å². The van der Waals surface area contributed by atoms with Gasteiger partial charge in [-0.15, -0.1) is 0 Å². The van der Waals surface area contributed by atoms with E-state index in [1.165, 1.54) is 0 Å². The van der Waals surface area contributed by atoms with Crippen LogP contribution in [0.3, 0.4) is 0 Å². The van der Waals surface area contributed by atoms with E-state index >= 15 is 0 Å². The zero-order valence-corrected chi connectivity index (χ0v) is 12.8. The third-order valence-electron chi connectivity index (χ3n) is 3.27. The summed E-state index contributed by atoms with van der Waals surface area (Å²) in [6, 6.07) is 19.4. The first kappa shape index (κ1) is 14.6. The number of allylic oxidation sites excluding steroid dienone is 4. The van der Waals surface area contributed by atoms with Crippen LogP contribution in [-0.2, 0) is 4.57 Å². The Morgan fingerprint density at radius 2 is 1.35 bits per heavy atom. The average Bonchev–Trinajstić information content (AvgIpc) is 2.53. The largest absolute Gasteiger partial charge is 0.309 e. The summed E-state index contributed by atoms with van der Waals surface area (Å²) < 4.78 is 13.7. The van der Waals surface area contributed by atoms with E-state index in [-0.39, 0.29) is 0 Å². The molecule has 0 saturated heterocycles. The van der Waals surface area contributed by atoms with Gasteiger partial charge in [0, 0.05) is 10.6 Å². The monoisotopic (exact) mass is 282 g/mol. The molecule has 0 atom stereocenters. The first-order valence-electron chi connectivity index (χ1n) is 6.71. The first-order chi connectivity index (χ1) is 9.69. The molecule has 0 aliphatic carbocycles. The van der Waals surface area contributed by atoms with Crippen LogP contribution in [0.25, 0.3) is 0 Å². The lowest BCUT2D eigenvalue weighted by Gasteiger charge is -2.20. The van der Waals surface area contributed by atoms with Gasteiger partial charge in [0.2, 0.25) is 0 Å². The van der Waals surface area contributed by atoms with E-state index in [1.807, 2.05) is 92.7 Å². The molecule has 0 unspecified atom stereocenters. The van der Waals surface area contributed by atoms with Crippen molar-refractivity contribution in [3.8, 4) is 0 Å². The minimum absolute atomic E-state index is 0.879. The van der Waals surface area contributed by atoms with Crippen molar-refractivity contribution in [3.05, 3.63) is 84.2 Å². The standard InChI is InChI=1S/C18H19OP/c1-3-4-11-16(2)20(19,17-12-7-5-8-13-17)18-14-9-6-10-15-18/h3-15H,1-2H3/b4-3-,16-11+. The minimum atomic E-state index is -2.73. The summed E-state index contributed by atoms with van der Waals surface area (Å²) in [4.78, 5) is 0. The summed E-state index contributed by atoms with van der Waals surface area (Å²) in [5.41, 5.74) is 0. The number of hydrogen-bond donors (Lipinski definition) is 0. The summed E-state index contributed by atoms with van der Waals surface area (Å²) in [6.45, 7) is 3.90. The normalized spacial score (nSPS) is 12.8. The molecule has 2 rings (SSSR count). The molecule has 1 nitrogen and oxygen atoms in total. The van der Waals surface area contributed by atoms with Crippen LogP contribution in [0.5, 0.6) is 0 Å². The molecule has 0 aliphatic heterocycles. The van der Waals surface area contributed by atoms with Crippen molar-refractivity contribution >= 4 is 17.8 Å². The van der Waals surface area contributed by atoms with Crippen molar-refractivity contribution < 1.29 is 4.57 Å². The van der Waals surface area contributed by atoms with Crippen LogP contribution >= 0.6 is 7.14 Å². The van der Waals surface area contributed by atoms with Gasteiger partial charge in [-0.25, -0.2) is 0 Å². The highest BCUT2D eigenvalue weighted by atomic mass is 31.2. The van der Waals surface area contributed by atoms with Gasteiger partial charge in [0.1, 0.15) is 0 Å². The van der Waals surface area contributed by atoms with Gasteiger partial charge < -0.3 is 4.57 Å². The summed E-state index contributed by atoms with van der Waals surface area (Å²) >= 11 is 0. The van der Waals surface area contributed by atoms with Gasteiger partial charge in [-0.3, -0.25) is 0 Å². The van der Waals surface area contributed by atoms with Gasteiger partial charge in [-0.05, 0) is 19.2 Å². The molecule has 2 aromatic rings. The second-order valence-electron chi connectivity index (χ2n) is 4.61. The number of rotatable bonds is 4. The Bertz CT molecular complexity index is 611. The Hall–Kier alpha value is -1.85. The fraction of sp³-hybridized carbons (Fsp3) is 0.111. The average molecular weight is 282 g/mol. The fourth-order valence-electron chi connectivity index (χ4n) is 2.17. The molecule has 0 spiro atoms. The van der Waals surface area contributed by atoms with Crippen LogP contribution in [0.15, 0.2) is 84.2 Å². The van der Waals surface area contributed by atoms with Crippen molar-refractivity contribution in [3.63, 3.8) is 0 Å². The van der Waals surface area contributed by atoms with Crippen LogP contribution in [-0.4, -0.2) is 0 Å². The predicted molar refractivity (Wildman–Crippen MR) is 88.3 cm³/mol. The molecule has 0 N–H and O–H groups in total. The molecule has 0 bridgehead atoms. The van der Waals surface area contributed by atoms with Crippen LogP contribution in [0, 0.1) is 0 Å². The second kappa shape index (κ2) is 6.54. The van der Waals surface area contributed by atoms with Gasteiger partial charge in [0.15, 0.2) is 7.14 Å². The lowest BCUT2D eigenvalue weighted by molar-refractivity contribution is 0.590. The van der Waals surface area contributed by atoms with Crippen molar-refractivity contribution in [1.82, 2.24) is 0 Å². The summed E-state index contributed by atoms with van der Waals surface area (Å²) in [6.07, 6.45) is 5.83. The quantitative estimate of drug-likeness (QED) is 0.597. The smallest absolute Gasteiger partial charge is 0.166 e. The van der Waals surface area contributed by atoms with E-state index in [1.54, 1.807) is 0 Å². The molecule has 0 radical (unpaired) electrons. The van der Waals surface area contributed by atoms with Gasteiger partial charge >= 0.3 is 0 Å². The van der Waals surface area contributed by atoms with Gasteiger partial charge in [-0.1, -0.05) is 78.9 Å². The van der Waals surface area contributed by atoms with Crippen LogP contribution in [0.1, 0.15) is 13.8 Å². The SMILES string of the molecule is C/C=C\C=C(/C)P(=O)(c1ccccc1)c1ccccc1. The third kappa shape index (κ3) is 2.84. The van der Waals surface area contributed by atoms with E-state index < -0.39 is 7.14 Å². The second-order valence-corrected chi connectivity index (χ2v) is 7.57. The lowest BCUT2D eigenvalue weighted by atomic mass is 10.4. The molecule has 0 amide bonds. The molecule has 2 aromatic carbocycles. The van der Waals surface area contributed by atoms with E-state index in [4.69, 9.17) is 0 Å². The number of hydrogen-bond acceptors (Lipinski definition) is 1. The van der Waals surface area contributed by atoms with E-state index in [2.05, 4.69) is 0 Å². The Labute approximate surface area is 121 Å². The summed E-state index contributed by atoms with van der Waals surface area (Å²) in [7, 11) is -2.73. The molecule has 0 heterocycles.